The highest BCUT2D eigenvalue weighted by Crippen LogP contribution is 2.64. The van der Waals surface area contributed by atoms with E-state index in [1.807, 2.05) is 0 Å². The van der Waals surface area contributed by atoms with Crippen molar-refractivity contribution in [1.82, 2.24) is 4.57 Å². The number of nitrogens with zero attached hydrogens (tertiary/aromatic N) is 2. The molecular formula is C55H36N2. The van der Waals surface area contributed by atoms with Crippen molar-refractivity contribution >= 4 is 38.9 Å². The van der Waals surface area contributed by atoms with Gasteiger partial charge in [0.1, 0.15) is 0 Å². The Morgan fingerprint density at radius 2 is 0.860 bits per heavy atom. The molecule has 0 N–H and O–H groups in total. The van der Waals surface area contributed by atoms with E-state index >= 15 is 0 Å². The minimum atomic E-state index is -0.437. The molecule has 0 atom stereocenters. The third-order valence-electron chi connectivity index (χ3n) is 12.4. The molecule has 0 radical (unpaired) electrons. The molecule has 0 aliphatic heterocycles. The summed E-state index contributed by atoms with van der Waals surface area (Å²) >= 11 is 0. The summed E-state index contributed by atoms with van der Waals surface area (Å²) in [4.78, 5) is 2.53. The first kappa shape index (κ1) is 31.9. The molecule has 0 bridgehead atoms. The first-order valence-electron chi connectivity index (χ1n) is 19.8. The molecule has 2 heteroatoms. The van der Waals surface area contributed by atoms with E-state index in [1.54, 1.807) is 0 Å². The van der Waals surface area contributed by atoms with Crippen molar-refractivity contribution in [2.45, 2.75) is 5.41 Å². The Morgan fingerprint density at radius 1 is 0.351 bits per heavy atom. The van der Waals surface area contributed by atoms with Crippen LogP contribution in [0.5, 0.6) is 0 Å². The monoisotopic (exact) mass is 724 g/mol. The van der Waals surface area contributed by atoms with E-state index in [-0.39, 0.29) is 0 Å². The normalized spacial score (nSPS) is 13.1. The average molecular weight is 725 g/mol. The predicted octanol–water partition coefficient (Wildman–Crippen LogP) is 14.3. The van der Waals surface area contributed by atoms with Crippen molar-refractivity contribution in [3.8, 4) is 39.1 Å². The highest BCUT2D eigenvalue weighted by Gasteiger charge is 2.52. The van der Waals surface area contributed by atoms with Crippen LogP contribution in [0.4, 0.5) is 17.1 Å². The Morgan fingerprint density at radius 3 is 1.58 bits per heavy atom. The average Bonchev–Trinajstić information content (AvgIpc) is 3.90. The fourth-order valence-electron chi connectivity index (χ4n) is 10.2. The van der Waals surface area contributed by atoms with E-state index in [9.17, 15) is 0 Å². The maximum absolute atomic E-state index is 2.53. The highest BCUT2D eigenvalue weighted by atomic mass is 15.2. The summed E-state index contributed by atoms with van der Waals surface area (Å²) in [6.45, 7) is 0. The Labute approximate surface area is 332 Å². The summed E-state index contributed by atoms with van der Waals surface area (Å²) in [6.07, 6.45) is 0. The van der Waals surface area contributed by atoms with Crippen LogP contribution in [0.2, 0.25) is 0 Å². The summed E-state index contributed by atoms with van der Waals surface area (Å²) < 4.78 is 2.41. The van der Waals surface area contributed by atoms with E-state index in [0.717, 1.165) is 22.7 Å². The Balaban J connectivity index is 1.18. The number of fused-ring (bicyclic) bond motifs is 13. The van der Waals surface area contributed by atoms with E-state index < -0.39 is 5.41 Å². The van der Waals surface area contributed by atoms with Crippen LogP contribution >= 0.6 is 0 Å². The lowest BCUT2D eigenvalue weighted by Crippen LogP contribution is -2.26. The van der Waals surface area contributed by atoms with Crippen molar-refractivity contribution in [3.63, 3.8) is 0 Å². The molecule has 12 rings (SSSR count). The molecule has 0 unspecified atom stereocenters. The second-order valence-corrected chi connectivity index (χ2v) is 15.2. The summed E-state index contributed by atoms with van der Waals surface area (Å²) in [5, 5.41) is 2.44. The predicted molar refractivity (Wildman–Crippen MR) is 237 cm³/mol. The van der Waals surface area contributed by atoms with E-state index in [2.05, 4.69) is 228 Å². The van der Waals surface area contributed by atoms with Crippen molar-refractivity contribution in [2.75, 3.05) is 4.90 Å². The zero-order valence-corrected chi connectivity index (χ0v) is 31.2. The number of aromatic nitrogens is 1. The van der Waals surface area contributed by atoms with Gasteiger partial charge in [-0.25, -0.2) is 0 Å². The smallest absolute Gasteiger partial charge is 0.0726 e. The highest BCUT2D eigenvalue weighted by molar-refractivity contribution is 6.17. The topological polar surface area (TPSA) is 8.17 Å². The fourth-order valence-corrected chi connectivity index (χ4v) is 10.2. The van der Waals surface area contributed by atoms with Crippen LogP contribution in [0.25, 0.3) is 60.9 Å². The van der Waals surface area contributed by atoms with Crippen molar-refractivity contribution < 1.29 is 0 Å². The van der Waals surface area contributed by atoms with Crippen LogP contribution in [-0.2, 0) is 5.41 Å². The molecule has 57 heavy (non-hydrogen) atoms. The molecule has 10 aromatic rings. The van der Waals surface area contributed by atoms with Crippen LogP contribution in [0.3, 0.4) is 0 Å². The largest absolute Gasteiger partial charge is 0.309 e. The van der Waals surface area contributed by atoms with Gasteiger partial charge in [-0.1, -0.05) is 170 Å². The van der Waals surface area contributed by atoms with Gasteiger partial charge < -0.3 is 9.47 Å². The first-order chi connectivity index (χ1) is 28.3. The summed E-state index contributed by atoms with van der Waals surface area (Å²) in [5.41, 5.74) is 19.4. The third-order valence-corrected chi connectivity index (χ3v) is 12.4. The van der Waals surface area contributed by atoms with E-state index in [0.29, 0.717) is 0 Å². The fraction of sp³-hybridized carbons (Fsp3) is 0.0182. The maximum Gasteiger partial charge on any atom is 0.0726 e. The van der Waals surface area contributed by atoms with Gasteiger partial charge in [-0.2, -0.15) is 0 Å². The van der Waals surface area contributed by atoms with Gasteiger partial charge >= 0.3 is 0 Å². The van der Waals surface area contributed by atoms with Crippen molar-refractivity contribution in [3.05, 3.63) is 241 Å². The molecule has 2 nitrogen and oxygen atoms in total. The minimum absolute atomic E-state index is 0.437. The van der Waals surface area contributed by atoms with Crippen LogP contribution in [0.15, 0.2) is 218 Å². The number of hydrogen-bond acceptors (Lipinski definition) is 1. The molecule has 266 valence electrons. The number of benzene rings is 9. The molecular weight excluding hydrogens is 689 g/mol. The molecule has 2 aliphatic rings. The molecule has 1 spiro atoms. The Kier molecular flexibility index (Phi) is 6.88. The quantitative estimate of drug-likeness (QED) is 0.172. The van der Waals surface area contributed by atoms with E-state index in [4.69, 9.17) is 0 Å². The van der Waals surface area contributed by atoms with Gasteiger partial charge in [-0.15, -0.1) is 0 Å². The molecule has 1 heterocycles. The Hall–Kier alpha value is -7.42. The summed E-state index contributed by atoms with van der Waals surface area (Å²) in [7, 11) is 0. The van der Waals surface area contributed by atoms with Crippen LogP contribution in [0, 0.1) is 0 Å². The molecule has 0 fully saturated rings. The lowest BCUT2D eigenvalue weighted by molar-refractivity contribution is 0.794. The van der Waals surface area contributed by atoms with Gasteiger partial charge in [0.2, 0.25) is 0 Å². The zero-order valence-electron chi connectivity index (χ0n) is 31.2. The van der Waals surface area contributed by atoms with E-state index in [1.165, 1.54) is 77.4 Å². The lowest BCUT2D eigenvalue weighted by atomic mass is 9.70. The number of rotatable bonds is 5. The van der Waals surface area contributed by atoms with Crippen LogP contribution < -0.4 is 4.90 Å². The Bertz CT molecular complexity index is 3130. The van der Waals surface area contributed by atoms with Crippen LogP contribution in [-0.4, -0.2) is 4.57 Å². The molecule has 0 saturated heterocycles. The van der Waals surface area contributed by atoms with Gasteiger partial charge in [-0.3, -0.25) is 0 Å². The molecule has 9 aromatic carbocycles. The second kappa shape index (κ2) is 12.3. The third kappa shape index (κ3) is 4.41. The van der Waals surface area contributed by atoms with Gasteiger partial charge in [0.25, 0.3) is 0 Å². The minimum Gasteiger partial charge on any atom is -0.309 e. The van der Waals surface area contributed by atoms with Crippen LogP contribution in [0.1, 0.15) is 22.3 Å². The zero-order chi connectivity index (χ0) is 37.5. The molecule has 1 aromatic heterocycles. The second-order valence-electron chi connectivity index (χ2n) is 15.2. The number of anilines is 3. The van der Waals surface area contributed by atoms with Gasteiger partial charge in [0.15, 0.2) is 0 Å². The van der Waals surface area contributed by atoms with Crippen molar-refractivity contribution in [1.29, 1.82) is 0 Å². The molecule has 0 saturated carbocycles. The lowest BCUT2D eigenvalue weighted by Gasteiger charge is -2.32. The van der Waals surface area contributed by atoms with Crippen molar-refractivity contribution in [2.24, 2.45) is 0 Å². The maximum atomic E-state index is 2.53. The summed E-state index contributed by atoms with van der Waals surface area (Å²) in [6, 6.07) is 80.4. The number of hydrogen-bond donors (Lipinski definition) is 0. The van der Waals surface area contributed by atoms with Gasteiger partial charge in [0.05, 0.1) is 27.8 Å². The van der Waals surface area contributed by atoms with Gasteiger partial charge in [0, 0.05) is 27.7 Å². The summed E-state index contributed by atoms with van der Waals surface area (Å²) in [5.74, 6) is 0. The standard InChI is InChI=1S/C55H36N2/c1-3-17-37(18-4-1)38-33-35-40(36-34-38)57(52-32-16-31-51-54(52)44-24-10-14-29-49(44)56(51)39-19-5-2-6-20-39)50-30-15-28-48-53(50)43-23-9-13-27-47(43)55(48)45-25-11-7-21-41(45)42-22-8-12-26-46(42)55/h1-36H. The molecule has 0 amide bonds. The van der Waals surface area contributed by atoms with Gasteiger partial charge in [-0.05, 0) is 98.6 Å². The number of para-hydroxylation sites is 2. The first-order valence-corrected chi connectivity index (χ1v) is 19.8. The SMILES string of the molecule is c1ccc(-c2ccc(N(c3cccc4c3-c3ccccc3C43c4ccccc4-c4ccccc43)c3cccc4c3c3ccccc3n4-c3ccccc3)cc2)cc1. The molecule has 2 aliphatic carbocycles.